The van der Waals surface area contributed by atoms with E-state index in [1.807, 2.05) is 0 Å². The van der Waals surface area contributed by atoms with Crippen molar-refractivity contribution >= 4 is 26.7 Å². The fourth-order valence-electron chi connectivity index (χ4n) is 2.02. The molecule has 0 aliphatic rings. The first-order valence-corrected chi connectivity index (χ1v) is 6.89. The molecule has 22 heavy (non-hydrogen) atoms. The number of nitrogens with two attached hydrogens (primary N) is 1. The molecule has 3 N–H and O–H groups in total. The van der Waals surface area contributed by atoms with Crippen molar-refractivity contribution in [1.29, 1.82) is 0 Å². The highest BCUT2D eigenvalue weighted by Gasteiger charge is 2.32. The molecule has 0 amide bonds. The van der Waals surface area contributed by atoms with E-state index in [0.29, 0.717) is 21.8 Å². The van der Waals surface area contributed by atoms with Crippen molar-refractivity contribution in [3.05, 3.63) is 36.4 Å². The van der Waals surface area contributed by atoms with Gasteiger partial charge in [-0.2, -0.15) is 0 Å². The third kappa shape index (κ3) is 2.91. The Kier molecular flexibility index (Phi) is 3.32. The SMILES string of the molecule is Nc1nc2cc(-c3ccc(O)c(OC(F)(F)F)c3)ccc2s1. The zero-order valence-corrected chi connectivity index (χ0v) is 11.7. The Bertz CT molecular complexity index is 846. The van der Waals surface area contributed by atoms with Crippen molar-refractivity contribution in [3.8, 4) is 22.6 Å². The van der Waals surface area contributed by atoms with Gasteiger partial charge in [-0.05, 0) is 35.4 Å². The van der Waals surface area contributed by atoms with Gasteiger partial charge in [0.15, 0.2) is 16.6 Å². The maximum absolute atomic E-state index is 12.3. The number of alkyl halides is 3. The van der Waals surface area contributed by atoms with Gasteiger partial charge in [-0.25, -0.2) is 4.98 Å². The maximum Gasteiger partial charge on any atom is 0.573 e. The van der Waals surface area contributed by atoms with Gasteiger partial charge in [0.05, 0.1) is 10.2 Å². The summed E-state index contributed by atoms with van der Waals surface area (Å²) in [4.78, 5) is 4.13. The summed E-state index contributed by atoms with van der Waals surface area (Å²) in [5, 5.41) is 9.88. The Labute approximate surface area is 126 Å². The first-order valence-electron chi connectivity index (χ1n) is 6.07. The molecule has 0 aliphatic heterocycles. The number of ether oxygens (including phenoxy) is 1. The fraction of sp³-hybridized carbons (Fsp3) is 0.0714. The van der Waals surface area contributed by atoms with Crippen LogP contribution >= 0.6 is 11.3 Å². The molecule has 3 aromatic rings. The molecule has 8 heteroatoms. The van der Waals surface area contributed by atoms with Crippen LogP contribution in [0.1, 0.15) is 0 Å². The fourth-order valence-corrected chi connectivity index (χ4v) is 2.74. The molecule has 2 aromatic carbocycles. The van der Waals surface area contributed by atoms with Crippen molar-refractivity contribution in [3.63, 3.8) is 0 Å². The number of halogens is 3. The molecule has 1 heterocycles. The average Bonchev–Trinajstić information content (AvgIpc) is 2.78. The number of hydrogen-bond acceptors (Lipinski definition) is 5. The van der Waals surface area contributed by atoms with Crippen LogP contribution in [0.2, 0.25) is 0 Å². The lowest BCUT2D eigenvalue weighted by Gasteiger charge is -2.11. The summed E-state index contributed by atoms with van der Waals surface area (Å²) >= 11 is 1.32. The second-order valence-electron chi connectivity index (χ2n) is 4.46. The second kappa shape index (κ2) is 5.06. The summed E-state index contributed by atoms with van der Waals surface area (Å²) in [6, 6.07) is 9.01. The monoisotopic (exact) mass is 326 g/mol. The van der Waals surface area contributed by atoms with Crippen molar-refractivity contribution in [1.82, 2.24) is 4.98 Å². The number of hydrogen-bond donors (Lipinski definition) is 2. The molecule has 1 aromatic heterocycles. The van der Waals surface area contributed by atoms with Crippen LogP contribution in [-0.2, 0) is 0 Å². The summed E-state index contributed by atoms with van der Waals surface area (Å²) in [5.74, 6) is -1.23. The molecule has 0 unspecified atom stereocenters. The lowest BCUT2D eigenvalue weighted by molar-refractivity contribution is -0.275. The molecular formula is C14H9F3N2O2S. The molecule has 0 bridgehead atoms. The van der Waals surface area contributed by atoms with Gasteiger partial charge in [0.2, 0.25) is 0 Å². The number of nitrogens with zero attached hydrogens (tertiary/aromatic N) is 1. The molecule has 0 saturated carbocycles. The first kappa shape index (κ1) is 14.5. The quantitative estimate of drug-likeness (QED) is 0.742. The minimum absolute atomic E-state index is 0.416. The molecular weight excluding hydrogens is 317 g/mol. The topological polar surface area (TPSA) is 68.4 Å². The van der Waals surface area contributed by atoms with Crippen molar-refractivity contribution in [2.45, 2.75) is 6.36 Å². The average molecular weight is 326 g/mol. The number of fused-ring (bicyclic) bond motifs is 1. The van der Waals surface area contributed by atoms with Gasteiger partial charge in [-0.15, -0.1) is 13.2 Å². The number of anilines is 1. The maximum atomic E-state index is 12.3. The summed E-state index contributed by atoms with van der Waals surface area (Å²) < 4.78 is 41.6. The van der Waals surface area contributed by atoms with Crippen molar-refractivity contribution in [2.24, 2.45) is 0 Å². The molecule has 4 nitrogen and oxygen atoms in total. The van der Waals surface area contributed by atoms with Gasteiger partial charge >= 0.3 is 6.36 Å². The van der Waals surface area contributed by atoms with Crippen LogP contribution in [0.5, 0.6) is 11.5 Å². The zero-order chi connectivity index (χ0) is 15.9. The summed E-state index contributed by atoms with van der Waals surface area (Å²) in [6.07, 6.45) is -4.87. The molecule has 3 rings (SSSR count). The number of phenolic OH excluding ortho intramolecular Hbond substituents is 1. The molecule has 0 spiro atoms. The van der Waals surface area contributed by atoms with E-state index in [2.05, 4.69) is 9.72 Å². The standard InChI is InChI=1S/C14H9F3N2O2S/c15-14(16,17)21-11-6-8(1-3-10(11)20)7-2-4-12-9(5-7)19-13(18)22-12/h1-6,20H,(H2,18,19). The van der Waals surface area contributed by atoms with E-state index < -0.39 is 17.9 Å². The summed E-state index contributed by atoms with van der Waals surface area (Å²) in [5.41, 5.74) is 7.39. The molecule has 0 aliphatic carbocycles. The van der Waals surface area contributed by atoms with E-state index >= 15 is 0 Å². The zero-order valence-electron chi connectivity index (χ0n) is 10.9. The van der Waals surface area contributed by atoms with E-state index in [1.165, 1.54) is 17.4 Å². The summed E-state index contributed by atoms with van der Waals surface area (Å²) in [7, 11) is 0. The number of rotatable bonds is 2. The smallest absolute Gasteiger partial charge is 0.504 e. The number of aromatic nitrogens is 1. The number of benzene rings is 2. The van der Waals surface area contributed by atoms with Gasteiger partial charge in [-0.1, -0.05) is 23.5 Å². The van der Waals surface area contributed by atoms with E-state index in [0.717, 1.165) is 16.8 Å². The van der Waals surface area contributed by atoms with Crippen LogP contribution in [0.15, 0.2) is 36.4 Å². The van der Waals surface area contributed by atoms with E-state index in [-0.39, 0.29) is 0 Å². The lowest BCUT2D eigenvalue weighted by Crippen LogP contribution is -2.17. The number of aromatic hydroxyl groups is 1. The van der Waals surface area contributed by atoms with Crippen LogP contribution in [-0.4, -0.2) is 16.5 Å². The van der Waals surface area contributed by atoms with Gasteiger partial charge < -0.3 is 15.6 Å². The van der Waals surface area contributed by atoms with Crippen molar-refractivity contribution in [2.75, 3.05) is 5.73 Å². The van der Waals surface area contributed by atoms with Crippen LogP contribution in [0.4, 0.5) is 18.3 Å². The predicted molar refractivity (Wildman–Crippen MR) is 77.8 cm³/mol. The highest BCUT2D eigenvalue weighted by atomic mass is 32.1. The van der Waals surface area contributed by atoms with E-state index in [4.69, 9.17) is 5.73 Å². The van der Waals surface area contributed by atoms with Crippen LogP contribution in [0.3, 0.4) is 0 Å². The molecule has 114 valence electrons. The van der Waals surface area contributed by atoms with Crippen LogP contribution in [0.25, 0.3) is 21.3 Å². The van der Waals surface area contributed by atoms with E-state index in [9.17, 15) is 18.3 Å². The van der Waals surface area contributed by atoms with Crippen LogP contribution < -0.4 is 10.5 Å². The predicted octanol–water partition coefficient (Wildman–Crippen LogP) is 4.15. The Hall–Kier alpha value is -2.48. The van der Waals surface area contributed by atoms with Gasteiger partial charge in [0.1, 0.15) is 0 Å². The number of phenols is 1. The molecule has 0 saturated heterocycles. The van der Waals surface area contributed by atoms with Gasteiger partial charge in [0, 0.05) is 0 Å². The second-order valence-corrected chi connectivity index (χ2v) is 5.53. The minimum Gasteiger partial charge on any atom is -0.504 e. The lowest BCUT2D eigenvalue weighted by atomic mass is 10.0. The third-order valence-electron chi connectivity index (χ3n) is 2.92. The minimum atomic E-state index is -4.87. The third-order valence-corrected chi connectivity index (χ3v) is 3.79. The van der Waals surface area contributed by atoms with E-state index in [1.54, 1.807) is 18.2 Å². The Morgan fingerprint density at radius 1 is 1.09 bits per heavy atom. The molecule has 0 radical (unpaired) electrons. The number of nitrogen functional groups attached to an aromatic ring is 1. The largest absolute Gasteiger partial charge is 0.573 e. The van der Waals surface area contributed by atoms with Gasteiger partial charge in [-0.3, -0.25) is 0 Å². The molecule has 0 fully saturated rings. The molecule has 0 atom stereocenters. The highest BCUT2D eigenvalue weighted by molar-refractivity contribution is 7.22. The first-order chi connectivity index (χ1) is 10.3. The summed E-state index contributed by atoms with van der Waals surface area (Å²) in [6.45, 7) is 0. The van der Waals surface area contributed by atoms with Crippen LogP contribution in [0, 0.1) is 0 Å². The number of thiazole rings is 1. The van der Waals surface area contributed by atoms with Gasteiger partial charge in [0.25, 0.3) is 0 Å². The Balaban J connectivity index is 2.04. The highest BCUT2D eigenvalue weighted by Crippen LogP contribution is 2.36. The Morgan fingerprint density at radius 3 is 2.50 bits per heavy atom. The normalized spacial score (nSPS) is 11.8. The van der Waals surface area contributed by atoms with Crippen molar-refractivity contribution < 1.29 is 23.0 Å². The Morgan fingerprint density at radius 2 is 1.77 bits per heavy atom.